The smallest absolute Gasteiger partial charge is 0.253 e. The highest BCUT2D eigenvalue weighted by Crippen LogP contribution is 2.17. The molecule has 0 bridgehead atoms. The van der Waals surface area contributed by atoms with Crippen LogP contribution >= 0.6 is 0 Å². The number of hydrogen-bond donors (Lipinski definition) is 1. The highest BCUT2D eigenvalue weighted by molar-refractivity contribution is 5.82. The van der Waals surface area contributed by atoms with Crippen LogP contribution in [0.3, 0.4) is 0 Å². The van der Waals surface area contributed by atoms with Gasteiger partial charge in [-0.15, -0.1) is 0 Å². The largest absolute Gasteiger partial charge is 0.334 e. The van der Waals surface area contributed by atoms with Crippen LogP contribution < -0.4 is 5.56 Å². The monoisotopic (exact) mass is 334 g/mol. The second-order valence-electron chi connectivity index (χ2n) is 6.25. The van der Waals surface area contributed by atoms with Crippen molar-refractivity contribution < 1.29 is 4.79 Å². The molecule has 3 aromatic rings. The van der Waals surface area contributed by atoms with E-state index in [4.69, 9.17) is 0 Å². The summed E-state index contributed by atoms with van der Waals surface area (Å²) < 4.78 is 0. The van der Waals surface area contributed by atoms with Gasteiger partial charge in [-0.25, -0.2) is 0 Å². The van der Waals surface area contributed by atoms with Gasteiger partial charge in [-0.3, -0.25) is 9.59 Å². The van der Waals surface area contributed by atoms with Crippen molar-refractivity contribution in [3.05, 3.63) is 81.6 Å². The Morgan fingerprint density at radius 2 is 1.80 bits per heavy atom. The Hall–Kier alpha value is -2.88. The van der Waals surface area contributed by atoms with Gasteiger partial charge in [-0.1, -0.05) is 55.5 Å². The third-order valence-electron chi connectivity index (χ3n) is 4.40. The molecule has 0 unspecified atom stereocenters. The van der Waals surface area contributed by atoms with E-state index in [0.29, 0.717) is 25.1 Å². The van der Waals surface area contributed by atoms with Gasteiger partial charge < -0.3 is 9.88 Å². The van der Waals surface area contributed by atoms with Crippen molar-refractivity contribution in [2.45, 2.75) is 33.4 Å². The summed E-state index contributed by atoms with van der Waals surface area (Å²) in [7, 11) is 0. The van der Waals surface area contributed by atoms with Crippen LogP contribution in [0, 0.1) is 6.92 Å². The number of fused-ring (bicyclic) bond motifs is 1. The highest BCUT2D eigenvalue weighted by atomic mass is 16.2. The van der Waals surface area contributed by atoms with Crippen LogP contribution in [-0.2, 0) is 17.9 Å². The second-order valence-corrected chi connectivity index (χ2v) is 6.25. The van der Waals surface area contributed by atoms with Crippen LogP contribution in [0.25, 0.3) is 10.9 Å². The minimum absolute atomic E-state index is 0.0348. The Kier molecular flexibility index (Phi) is 4.98. The number of pyridine rings is 1. The molecule has 3 rings (SSSR count). The SMILES string of the molecule is CCC(=O)N(Cc1ccccc1)Cc1cc2cccc(C)c2[nH]c1=O. The Morgan fingerprint density at radius 1 is 1.04 bits per heavy atom. The molecule has 0 aliphatic heterocycles. The molecule has 0 atom stereocenters. The fraction of sp³-hybridized carbons (Fsp3) is 0.238. The van der Waals surface area contributed by atoms with E-state index >= 15 is 0 Å². The normalized spacial score (nSPS) is 10.8. The lowest BCUT2D eigenvalue weighted by molar-refractivity contribution is -0.132. The zero-order valence-corrected chi connectivity index (χ0v) is 14.6. The maximum atomic E-state index is 12.5. The number of hydrogen-bond acceptors (Lipinski definition) is 2. The molecule has 1 N–H and O–H groups in total. The quantitative estimate of drug-likeness (QED) is 0.772. The van der Waals surface area contributed by atoms with E-state index in [1.807, 2.05) is 68.4 Å². The maximum absolute atomic E-state index is 12.5. The predicted molar refractivity (Wildman–Crippen MR) is 100 cm³/mol. The molecule has 1 aromatic heterocycles. The van der Waals surface area contributed by atoms with Crippen LogP contribution in [-0.4, -0.2) is 15.8 Å². The van der Waals surface area contributed by atoms with Crippen molar-refractivity contribution in [3.63, 3.8) is 0 Å². The first-order valence-corrected chi connectivity index (χ1v) is 8.51. The molecule has 0 saturated heterocycles. The van der Waals surface area contributed by atoms with E-state index in [-0.39, 0.29) is 11.5 Å². The summed E-state index contributed by atoms with van der Waals surface area (Å²) in [5, 5.41) is 0.984. The Balaban J connectivity index is 1.94. The molecular weight excluding hydrogens is 312 g/mol. The van der Waals surface area contributed by atoms with Crippen LogP contribution in [0.15, 0.2) is 59.4 Å². The molecule has 0 radical (unpaired) electrons. The fourth-order valence-corrected chi connectivity index (χ4v) is 3.01. The van der Waals surface area contributed by atoms with Gasteiger partial charge in [0.15, 0.2) is 0 Å². The first kappa shape index (κ1) is 17.0. The number of carbonyl (C=O) groups excluding carboxylic acids is 1. The molecule has 1 amide bonds. The van der Waals surface area contributed by atoms with E-state index in [1.54, 1.807) is 4.90 Å². The van der Waals surface area contributed by atoms with Gasteiger partial charge in [-0.2, -0.15) is 0 Å². The minimum Gasteiger partial charge on any atom is -0.334 e. The number of aryl methyl sites for hydroxylation is 1. The predicted octanol–water partition coefficient (Wildman–Crippen LogP) is 3.78. The Labute approximate surface area is 147 Å². The van der Waals surface area contributed by atoms with Gasteiger partial charge in [0.05, 0.1) is 12.1 Å². The summed E-state index contributed by atoms with van der Waals surface area (Å²) in [5.41, 5.74) is 3.41. The molecule has 2 aromatic carbocycles. The molecule has 1 heterocycles. The number of rotatable bonds is 5. The molecule has 4 heteroatoms. The van der Waals surface area contributed by atoms with E-state index in [0.717, 1.165) is 22.0 Å². The molecule has 128 valence electrons. The number of benzene rings is 2. The van der Waals surface area contributed by atoms with E-state index in [2.05, 4.69) is 4.98 Å². The summed E-state index contributed by atoms with van der Waals surface area (Å²) in [6.07, 6.45) is 0.414. The zero-order chi connectivity index (χ0) is 17.8. The van der Waals surface area contributed by atoms with Gasteiger partial charge in [-0.05, 0) is 29.5 Å². The summed E-state index contributed by atoms with van der Waals surface area (Å²) in [5.74, 6) is 0.0348. The van der Waals surface area contributed by atoms with Crippen LogP contribution in [0.2, 0.25) is 0 Å². The molecule has 0 saturated carbocycles. The average molecular weight is 334 g/mol. The van der Waals surface area contributed by atoms with Crippen molar-refractivity contribution in [1.29, 1.82) is 0 Å². The number of nitrogens with zero attached hydrogens (tertiary/aromatic N) is 1. The molecule has 0 fully saturated rings. The van der Waals surface area contributed by atoms with Crippen LogP contribution in [0.4, 0.5) is 0 Å². The molecular formula is C21H22N2O2. The summed E-state index contributed by atoms with van der Waals surface area (Å²) in [4.78, 5) is 29.6. The molecule has 0 aliphatic rings. The van der Waals surface area contributed by atoms with Gasteiger partial charge in [0.25, 0.3) is 5.56 Å². The van der Waals surface area contributed by atoms with Crippen molar-refractivity contribution in [1.82, 2.24) is 9.88 Å². The number of aromatic nitrogens is 1. The summed E-state index contributed by atoms with van der Waals surface area (Å²) >= 11 is 0. The standard InChI is InChI=1S/C21H22N2O2/c1-3-19(24)23(13-16-9-5-4-6-10-16)14-18-12-17-11-7-8-15(2)20(17)22-21(18)25/h4-12H,3,13-14H2,1-2H3,(H,22,25). The number of para-hydroxylation sites is 1. The summed E-state index contributed by atoms with van der Waals surface area (Å²) in [6.45, 7) is 4.62. The van der Waals surface area contributed by atoms with Crippen molar-refractivity contribution in [2.75, 3.05) is 0 Å². The third kappa shape index (κ3) is 3.79. The lowest BCUT2D eigenvalue weighted by Gasteiger charge is -2.22. The lowest BCUT2D eigenvalue weighted by Crippen LogP contribution is -2.31. The average Bonchev–Trinajstić information content (AvgIpc) is 2.63. The number of nitrogens with one attached hydrogen (secondary N) is 1. The summed E-state index contributed by atoms with van der Waals surface area (Å²) in [6, 6.07) is 17.6. The minimum atomic E-state index is -0.135. The van der Waals surface area contributed by atoms with Crippen molar-refractivity contribution in [3.8, 4) is 0 Å². The Bertz CT molecular complexity index is 945. The second kappa shape index (κ2) is 7.34. The number of amides is 1. The maximum Gasteiger partial charge on any atom is 0.253 e. The topological polar surface area (TPSA) is 53.2 Å². The van der Waals surface area contributed by atoms with Gasteiger partial charge in [0.1, 0.15) is 0 Å². The fourth-order valence-electron chi connectivity index (χ4n) is 3.01. The lowest BCUT2D eigenvalue weighted by atomic mass is 10.1. The molecule has 0 aliphatic carbocycles. The van der Waals surface area contributed by atoms with Crippen LogP contribution in [0.5, 0.6) is 0 Å². The van der Waals surface area contributed by atoms with E-state index in [9.17, 15) is 9.59 Å². The highest BCUT2D eigenvalue weighted by Gasteiger charge is 2.15. The van der Waals surface area contributed by atoms with Crippen molar-refractivity contribution >= 4 is 16.8 Å². The van der Waals surface area contributed by atoms with Crippen molar-refractivity contribution in [2.24, 2.45) is 0 Å². The third-order valence-corrected chi connectivity index (χ3v) is 4.40. The first-order chi connectivity index (χ1) is 12.1. The number of carbonyl (C=O) groups is 1. The molecule has 4 nitrogen and oxygen atoms in total. The zero-order valence-electron chi connectivity index (χ0n) is 14.6. The number of H-pyrrole nitrogens is 1. The van der Waals surface area contributed by atoms with Gasteiger partial charge in [0, 0.05) is 18.5 Å². The van der Waals surface area contributed by atoms with Gasteiger partial charge >= 0.3 is 0 Å². The van der Waals surface area contributed by atoms with Gasteiger partial charge in [0.2, 0.25) is 5.91 Å². The number of aromatic amines is 1. The van der Waals surface area contributed by atoms with E-state index < -0.39 is 0 Å². The molecule has 25 heavy (non-hydrogen) atoms. The van der Waals surface area contributed by atoms with E-state index in [1.165, 1.54) is 0 Å². The van der Waals surface area contributed by atoms with Crippen LogP contribution in [0.1, 0.15) is 30.0 Å². The molecule has 0 spiro atoms. The first-order valence-electron chi connectivity index (χ1n) is 8.51. The Morgan fingerprint density at radius 3 is 2.52 bits per heavy atom.